The van der Waals surface area contributed by atoms with E-state index in [9.17, 15) is 5.11 Å². The van der Waals surface area contributed by atoms with Crippen LogP contribution in [0.5, 0.6) is 0 Å². The molecule has 0 spiro atoms. The van der Waals surface area contributed by atoms with Crippen molar-refractivity contribution in [2.45, 2.75) is 37.7 Å². The van der Waals surface area contributed by atoms with Crippen LogP contribution in [0, 0.1) is 0 Å². The molecule has 0 saturated carbocycles. The number of pyridine rings is 1. The van der Waals surface area contributed by atoms with Crippen LogP contribution in [0.15, 0.2) is 48.7 Å². The molecule has 2 atom stereocenters. The Hall–Kier alpha value is -1.67. The molecule has 2 nitrogen and oxygen atoms in total. The average molecular weight is 253 g/mol. The maximum atomic E-state index is 10.2. The molecule has 1 N–H and O–H groups in total. The first-order valence-electron chi connectivity index (χ1n) is 7.01. The van der Waals surface area contributed by atoms with Crippen molar-refractivity contribution < 1.29 is 5.11 Å². The zero-order valence-electron chi connectivity index (χ0n) is 11.0. The van der Waals surface area contributed by atoms with Gasteiger partial charge in [-0.1, -0.05) is 36.4 Å². The summed E-state index contributed by atoms with van der Waals surface area (Å²) in [7, 11) is 0. The Morgan fingerprint density at radius 3 is 2.84 bits per heavy atom. The fourth-order valence-corrected chi connectivity index (χ4v) is 2.98. The molecule has 1 aliphatic rings. The van der Waals surface area contributed by atoms with Crippen LogP contribution >= 0.6 is 0 Å². The molecule has 1 aliphatic carbocycles. The lowest BCUT2D eigenvalue weighted by Crippen LogP contribution is -2.02. The summed E-state index contributed by atoms with van der Waals surface area (Å²) < 4.78 is 0. The highest BCUT2D eigenvalue weighted by molar-refractivity contribution is 5.28. The molecule has 0 aliphatic heterocycles. The molecule has 2 heteroatoms. The third-order valence-electron chi connectivity index (χ3n) is 4.05. The molecule has 0 radical (unpaired) electrons. The van der Waals surface area contributed by atoms with Gasteiger partial charge in [-0.25, -0.2) is 0 Å². The highest BCUT2D eigenvalue weighted by Gasteiger charge is 2.24. The number of hydrogen-bond acceptors (Lipinski definition) is 2. The van der Waals surface area contributed by atoms with Gasteiger partial charge in [0.15, 0.2) is 0 Å². The van der Waals surface area contributed by atoms with Crippen LogP contribution in [0.4, 0.5) is 0 Å². The first kappa shape index (κ1) is 12.4. The fourth-order valence-electron chi connectivity index (χ4n) is 2.98. The summed E-state index contributed by atoms with van der Waals surface area (Å²) in [5.74, 6) is 0.523. The van der Waals surface area contributed by atoms with Gasteiger partial charge in [0, 0.05) is 17.8 Å². The van der Waals surface area contributed by atoms with Crippen LogP contribution in [0.25, 0.3) is 0 Å². The Bertz CT molecular complexity index is 538. The summed E-state index contributed by atoms with van der Waals surface area (Å²) in [5, 5.41) is 10.2. The molecule has 0 fully saturated rings. The summed E-state index contributed by atoms with van der Waals surface area (Å²) >= 11 is 0. The fraction of sp³-hybridized carbons (Fsp3) is 0.353. The Labute approximate surface area is 114 Å². The van der Waals surface area contributed by atoms with Crippen molar-refractivity contribution in [3.63, 3.8) is 0 Å². The van der Waals surface area contributed by atoms with Crippen LogP contribution in [0.3, 0.4) is 0 Å². The van der Waals surface area contributed by atoms with Crippen molar-refractivity contribution in [2.24, 2.45) is 0 Å². The maximum absolute atomic E-state index is 10.2. The number of hydrogen-bond donors (Lipinski definition) is 1. The van der Waals surface area contributed by atoms with Gasteiger partial charge < -0.3 is 5.11 Å². The molecule has 19 heavy (non-hydrogen) atoms. The number of aliphatic hydroxyl groups is 1. The molecule has 2 aromatic rings. The van der Waals surface area contributed by atoms with Gasteiger partial charge in [-0.05, 0) is 42.9 Å². The van der Waals surface area contributed by atoms with E-state index >= 15 is 0 Å². The van der Waals surface area contributed by atoms with Crippen LogP contribution in [0.2, 0.25) is 0 Å². The summed E-state index contributed by atoms with van der Waals surface area (Å²) in [5.41, 5.74) is 3.66. The molecule has 1 aromatic heterocycles. The van der Waals surface area contributed by atoms with Gasteiger partial charge in [-0.3, -0.25) is 4.98 Å². The monoisotopic (exact) mass is 253 g/mol. The van der Waals surface area contributed by atoms with Gasteiger partial charge in [-0.2, -0.15) is 0 Å². The van der Waals surface area contributed by atoms with Crippen molar-refractivity contribution >= 4 is 0 Å². The van der Waals surface area contributed by atoms with Gasteiger partial charge in [-0.15, -0.1) is 0 Å². The zero-order chi connectivity index (χ0) is 13.1. The predicted molar refractivity (Wildman–Crippen MR) is 75.9 cm³/mol. The zero-order valence-corrected chi connectivity index (χ0v) is 11.0. The third kappa shape index (κ3) is 2.69. The highest BCUT2D eigenvalue weighted by atomic mass is 16.3. The van der Waals surface area contributed by atoms with Crippen LogP contribution in [-0.2, 0) is 6.42 Å². The number of rotatable bonds is 4. The topological polar surface area (TPSA) is 33.1 Å². The van der Waals surface area contributed by atoms with Gasteiger partial charge in [0.2, 0.25) is 0 Å². The van der Waals surface area contributed by atoms with Crippen LogP contribution in [-0.4, -0.2) is 10.1 Å². The van der Waals surface area contributed by atoms with Crippen molar-refractivity contribution in [1.29, 1.82) is 0 Å². The van der Waals surface area contributed by atoms with E-state index < -0.39 is 0 Å². The molecular weight excluding hydrogens is 234 g/mol. The van der Waals surface area contributed by atoms with E-state index in [-0.39, 0.29) is 6.10 Å². The van der Waals surface area contributed by atoms with Gasteiger partial charge in [0.05, 0.1) is 6.10 Å². The number of fused-ring (bicyclic) bond motifs is 1. The Morgan fingerprint density at radius 2 is 2.00 bits per heavy atom. The quantitative estimate of drug-likeness (QED) is 0.902. The molecule has 1 heterocycles. The van der Waals surface area contributed by atoms with E-state index in [1.807, 2.05) is 42.6 Å². The Morgan fingerprint density at radius 1 is 1.16 bits per heavy atom. The first-order valence-corrected chi connectivity index (χ1v) is 7.01. The Balaban J connectivity index is 1.62. The molecule has 0 saturated heterocycles. The van der Waals surface area contributed by atoms with Crippen LogP contribution in [0.1, 0.15) is 48.1 Å². The minimum Gasteiger partial charge on any atom is -0.388 e. The Kier molecular flexibility index (Phi) is 3.60. The number of benzene rings is 1. The largest absolute Gasteiger partial charge is 0.388 e. The SMILES string of the molecule is OC(CCC1CCc2cccnc21)c1ccccc1. The second kappa shape index (κ2) is 5.54. The summed E-state index contributed by atoms with van der Waals surface area (Å²) in [6.07, 6.45) is 5.66. The van der Waals surface area contributed by atoms with Crippen molar-refractivity contribution in [2.75, 3.05) is 0 Å². The first-order chi connectivity index (χ1) is 9.34. The van der Waals surface area contributed by atoms with Crippen molar-refractivity contribution in [3.05, 3.63) is 65.5 Å². The van der Waals surface area contributed by atoms with Gasteiger partial charge in [0.1, 0.15) is 0 Å². The number of aromatic nitrogens is 1. The van der Waals surface area contributed by atoms with E-state index in [4.69, 9.17) is 0 Å². The second-order valence-corrected chi connectivity index (χ2v) is 5.29. The van der Waals surface area contributed by atoms with Gasteiger partial charge >= 0.3 is 0 Å². The third-order valence-corrected chi connectivity index (χ3v) is 4.05. The van der Waals surface area contributed by atoms with Crippen LogP contribution < -0.4 is 0 Å². The summed E-state index contributed by atoms with van der Waals surface area (Å²) in [6.45, 7) is 0. The van der Waals surface area contributed by atoms with Crippen molar-refractivity contribution in [3.8, 4) is 0 Å². The molecule has 98 valence electrons. The van der Waals surface area contributed by atoms with Gasteiger partial charge in [0.25, 0.3) is 0 Å². The molecular formula is C17H19NO. The summed E-state index contributed by atoms with van der Waals surface area (Å²) in [4.78, 5) is 4.51. The standard InChI is InChI=1S/C17H19NO/c19-16(13-5-2-1-3-6-13)11-10-15-9-8-14-7-4-12-18-17(14)15/h1-7,12,15-16,19H,8-11H2. The normalized spacial score (nSPS) is 19.1. The smallest absolute Gasteiger partial charge is 0.0790 e. The lowest BCUT2D eigenvalue weighted by molar-refractivity contribution is 0.161. The van der Waals surface area contributed by atoms with E-state index in [1.54, 1.807) is 0 Å². The van der Waals surface area contributed by atoms with Crippen molar-refractivity contribution in [1.82, 2.24) is 4.98 Å². The van der Waals surface area contributed by atoms with E-state index in [0.29, 0.717) is 5.92 Å². The molecule has 0 bridgehead atoms. The highest BCUT2D eigenvalue weighted by Crippen LogP contribution is 2.36. The number of aryl methyl sites for hydroxylation is 1. The lowest BCUT2D eigenvalue weighted by Gasteiger charge is -2.14. The van der Waals surface area contributed by atoms with E-state index in [1.165, 1.54) is 17.7 Å². The average Bonchev–Trinajstić information content (AvgIpc) is 2.89. The molecule has 3 rings (SSSR count). The number of nitrogens with zero attached hydrogens (tertiary/aromatic N) is 1. The molecule has 1 aromatic carbocycles. The van der Waals surface area contributed by atoms with E-state index in [2.05, 4.69) is 11.1 Å². The maximum Gasteiger partial charge on any atom is 0.0790 e. The summed E-state index contributed by atoms with van der Waals surface area (Å²) in [6, 6.07) is 14.1. The molecule has 2 unspecified atom stereocenters. The molecule has 0 amide bonds. The van der Waals surface area contributed by atoms with E-state index in [0.717, 1.165) is 24.8 Å². The second-order valence-electron chi connectivity index (χ2n) is 5.29. The lowest BCUT2D eigenvalue weighted by atomic mass is 9.96. The predicted octanol–water partition coefficient (Wildman–Crippen LogP) is 3.63. The minimum atomic E-state index is -0.353. The minimum absolute atomic E-state index is 0.353. The number of aliphatic hydroxyl groups excluding tert-OH is 1.